The normalized spacial score (nSPS) is 11.4. The van der Waals surface area contributed by atoms with Crippen LogP contribution in [0, 0.1) is 0 Å². The van der Waals surface area contributed by atoms with Gasteiger partial charge in [-0.25, -0.2) is 15.0 Å². The summed E-state index contributed by atoms with van der Waals surface area (Å²) in [6.07, 6.45) is 0. The van der Waals surface area contributed by atoms with Gasteiger partial charge in [0, 0.05) is 21.9 Å². The van der Waals surface area contributed by atoms with E-state index in [0.29, 0.717) is 17.5 Å². The first-order chi connectivity index (χ1) is 23.3. The predicted molar refractivity (Wildman–Crippen MR) is 192 cm³/mol. The zero-order valence-electron chi connectivity index (χ0n) is 25.3. The summed E-state index contributed by atoms with van der Waals surface area (Å²) in [5.41, 5.74) is 8.91. The van der Waals surface area contributed by atoms with Crippen LogP contribution in [-0.2, 0) is 0 Å². The average molecular weight is 602 g/mol. The van der Waals surface area contributed by atoms with Gasteiger partial charge in [0.15, 0.2) is 17.5 Å². The van der Waals surface area contributed by atoms with Gasteiger partial charge in [0.25, 0.3) is 0 Å². The summed E-state index contributed by atoms with van der Waals surface area (Å²) in [6, 6.07) is 56.4. The van der Waals surface area contributed by atoms with Crippen LogP contribution in [0.1, 0.15) is 0 Å². The Labute approximate surface area is 271 Å². The first-order valence-corrected chi connectivity index (χ1v) is 15.7. The minimum absolute atomic E-state index is 0.574. The molecule has 0 aliphatic heterocycles. The fourth-order valence-corrected chi connectivity index (χ4v) is 6.43. The fourth-order valence-electron chi connectivity index (χ4n) is 6.43. The van der Waals surface area contributed by atoms with Crippen LogP contribution in [0.4, 0.5) is 0 Å². The highest BCUT2D eigenvalue weighted by Crippen LogP contribution is 2.38. The van der Waals surface area contributed by atoms with E-state index >= 15 is 0 Å². The van der Waals surface area contributed by atoms with E-state index < -0.39 is 0 Å². The second-order valence-corrected chi connectivity index (χ2v) is 11.6. The molecule has 0 aliphatic rings. The van der Waals surface area contributed by atoms with Crippen LogP contribution < -0.4 is 0 Å². The molecule has 0 atom stereocenters. The maximum absolute atomic E-state index is 6.66. The monoisotopic (exact) mass is 601 g/mol. The quantitative estimate of drug-likeness (QED) is 0.197. The van der Waals surface area contributed by atoms with E-state index in [-0.39, 0.29) is 0 Å². The molecule has 4 heteroatoms. The van der Waals surface area contributed by atoms with E-state index in [0.717, 1.165) is 49.8 Å². The van der Waals surface area contributed by atoms with Crippen molar-refractivity contribution in [3.8, 4) is 56.4 Å². The van der Waals surface area contributed by atoms with Gasteiger partial charge >= 0.3 is 0 Å². The van der Waals surface area contributed by atoms with E-state index in [1.54, 1.807) is 0 Å². The molecular weight excluding hydrogens is 574 g/mol. The maximum Gasteiger partial charge on any atom is 0.167 e. The van der Waals surface area contributed by atoms with Crippen molar-refractivity contribution < 1.29 is 4.42 Å². The molecule has 4 nitrogen and oxygen atoms in total. The Morgan fingerprint density at radius 2 is 0.894 bits per heavy atom. The fraction of sp³-hybridized carbons (Fsp3) is 0. The van der Waals surface area contributed by atoms with E-state index in [9.17, 15) is 0 Å². The molecule has 2 heterocycles. The zero-order chi connectivity index (χ0) is 31.2. The molecule has 9 aromatic rings. The Hall–Kier alpha value is -6.39. The lowest BCUT2D eigenvalue weighted by molar-refractivity contribution is 0.669. The summed E-state index contributed by atoms with van der Waals surface area (Å²) in [7, 11) is 0. The molecule has 7 aromatic carbocycles. The Bertz CT molecular complexity index is 2510. The van der Waals surface area contributed by atoms with E-state index in [1.165, 1.54) is 21.9 Å². The van der Waals surface area contributed by atoms with Crippen LogP contribution in [0.2, 0.25) is 0 Å². The van der Waals surface area contributed by atoms with E-state index in [2.05, 4.69) is 91.0 Å². The van der Waals surface area contributed by atoms with Gasteiger partial charge in [-0.15, -0.1) is 0 Å². The van der Waals surface area contributed by atoms with Crippen LogP contribution >= 0.6 is 0 Å². The largest absolute Gasteiger partial charge is 0.455 e. The second-order valence-electron chi connectivity index (χ2n) is 11.6. The van der Waals surface area contributed by atoms with Crippen molar-refractivity contribution in [3.63, 3.8) is 0 Å². The van der Waals surface area contributed by atoms with Crippen LogP contribution in [0.15, 0.2) is 168 Å². The number of rotatable bonds is 5. The zero-order valence-corrected chi connectivity index (χ0v) is 25.3. The molecule has 0 fully saturated rings. The molecule has 0 N–H and O–H groups in total. The molecule has 47 heavy (non-hydrogen) atoms. The van der Waals surface area contributed by atoms with Gasteiger partial charge < -0.3 is 4.42 Å². The third-order valence-corrected chi connectivity index (χ3v) is 8.74. The van der Waals surface area contributed by atoms with Crippen LogP contribution in [0.25, 0.3) is 89.1 Å². The van der Waals surface area contributed by atoms with E-state index in [4.69, 9.17) is 19.4 Å². The first kappa shape index (κ1) is 27.0. The minimum atomic E-state index is 0.574. The number of hydrogen-bond acceptors (Lipinski definition) is 4. The van der Waals surface area contributed by atoms with Crippen molar-refractivity contribution in [1.82, 2.24) is 15.0 Å². The van der Waals surface area contributed by atoms with Crippen LogP contribution in [0.5, 0.6) is 0 Å². The molecule has 2 aromatic heterocycles. The van der Waals surface area contributed by atoms with Crippen LogP contribution in [0.3, 0.4) is 0 Å². The summed E-state index contributed by atoms with van der Waals surface area (Å²) in [5, 5.41) is 4.56. The standard InChI is InChI=1S/C43H27N3O/c1-3-13-29(14-4-1)41-44-42(30-15-5-2-6-16-30)46-43(45-41)38-23-11-22-37-36-25-24-32(27-39(36)47-40(37)38)31-18-9-19-33(26-31)35-21-10-17-28-12-7-8-20-34(28)35/h1-27H. The Balaban J connectivity index is 1.17. The summed E-state index contributed by atoms with van der Waals surface area (Å²) >= 11 is 0. The number of para-hydroxylation sites is 1. The first-order valence-electron chi connectivity index (χ1n) is 15.7. The van der Waals surface area contributed by atoms with Gasteiger partial charge in [0.05, 0.1) is 5.56 Å². The number of benzene rings is 7. The summed E-state index contributed by atoms with van der Waals surface area (Å²) in [6.45, 7) is 0. The van der Waals surface area contributed by atoms with Gasteiger partial charge in [-0.3, -0.25) is 0 Å². The molecule has 0 saturated carbocycles. The molecule has 0 spiro atoms. The molecular formula is C43H27N3O. The average Bonchev–Trinajstić information content (AvgIpc) is 3.53. The molecule has 220 valence electrons. The Kier molecular flexibility index (Phi) is 6.43. The maximum atomic E-state index is 6.66. The third kappa shape index (κ3) is 4.84. The molecule has 0 unspecified atom stereocenters. The number of nitrogens with zero attached hydrogens (tertiary/aromatic N) is 3. The Morgan fingerprint density at radius 1 is 0.340 bits per heavy atom. The number of hydrogen-bond donors (Lipinski definition) is 0. The second kappa shape index (κ2) is 11.2. The van der Waals surface area contributed by atoms with Crippen molar-refractivity contribution in [2.75, 3.05) is 0 Å². The lowest BCUT2D eigenvalue weighted by Crippen LogP contribution is -2.00. The van der Waals surface area contributed by atoms with Gasteiger partial charge in [-0.1, -0.05) is 140 Å². The van der Waals surface area contributed by atoms with Gasteiger partial charge in [0.1, 0.15) is 11.2 Å². The highest BCUT2D eigenvalue weighted by atomic mass is 16.3. The van der Waals surface area contributed by atoms with Gasteiger partial charge in [-0.2, -0.15) is 0 Å². The smallest absolute Gasteiger partial charge is 0.167 e. The summed E-state index contributed by atoms with van der Waals surface area (Å²) in [5.74, 6) is 1.82. The molecule has 0 bridgehead atoms. The molecule has 0 saturated heterocycles. The molecule has 0 aliphatic carbocycles. The summed E-state index contributed by atoms with van der Waals surface area (Å²) in [4.78, 5) is 14.8. The van der Waals surface area contributed by atoms with Crippen molar-refractivity contribution in [2.45, 2.75) is 0 Å². The Morgan fingerprint density at radius 3 is 1.68 bits per heavy atom. The molecule has 0 radical (unpaired) electrons. The SMILES string of the molecule is c1ccc(-c2nc(-c3ccccc3)nc(-c3cccc4c3oc3cc(-c5cccc(-c6cccc7ccccc67)c5)ccc34)n2)cc1. The lowest BCUT2D eigenvalue weighted by Gasteiger charge is -2.09. The summed E-state index contributed by atoms with van der Waals surface area (Å²) < 4.78 is 6.66. The number of aromatic nitrogens is 3. The van der Waals surface area contributed by atoms with E-state index in [1.807, 2.05) is 72.8 Å². The van der Waals surface area contributed by atoms with Crippen molar-refractivity contribution in [3.05, 3.63) is 164 Å². The topological polar surface area (TPSA) is 51.8 Å². The van der Waals surface area contributed by atoms with Crippen molar-refractivity contribution in [1.29, 1.82) is 0 Å². The minimum Gasteiger partial charge on any atom is -0.455 e. The van der Waals surface area contributed by atoms with Crippen molar-refractivity contribution >= 4 is 32.7 Å². The van der Waals surface area contributed by atoms with Gasteiger partial charge in [-0.05, 0) is 57.3 Å². The highest BCUT2D eigenvalue weighted by Gasteiger charge is 2.18. The predicted octanol–water partition coefficient (Wildman–Crippen LogP) is 11.3. The van der Waals surface area contributed by atoms with Crippen molar-refractivity contribution in [2.24, 2.45) is 0 Å². The van der Waals surface area contributed by atoms with Crippen LogP contribution in [-0.4, -0.2) is 15.0 Å². The highest BCUT2D eigenvalue weighted by molar-refractivity contribution is 6.10. The third-order valence-electron chi connectivity index (χ3n) is 8.74. The lowest BCUT2D eigenvalue weighted by atomic mass is 9.95. The van der Waals surface area contributed by atoms with Gasteiger partial charge in [0.2, 0.25) is 0 Å². The molecule has 0 amide bonds. The molecule has 9 rings (SSSR count). The number of fused-ring (bicyclic) bond motifs is 4. The number of furan rings is 1.